The Hall–Kier alpha value is -2.96. The first kappa shape index (κ1) is 19.8. The van der Waals surface area contributed by atoms with E-state index < -0.39 is 17.9 Å². The molecular weight excluding hydrogens is 403 g/mol. The molecule has 1 amide bonds. The summed E-state index contributed by atoms with van der Waals surface area (Å²) >= 11 is 12.5. The molecule has 3 aromatic rings. The molecule has 1 atom stereocenters. The SMILES string of the molecule is COC(=O)C(Nc1ccc(NC(=O)c2ccco2)c(Cl)c1)c1ccccc1Cl. The number of anilines is 2. The van der Waals surface area contributed by atoms with Crippen LogP contribution in [0.3, 0.4) is 0 Å². The zero-order valence-electron chi connectivity index (χ0n) is 14.7. The highest BCUT2D eigenvalue weighted by Crippen LogP contribution is 2.31. The highest BCUT2D eigenvalue weighted by atomic mass is 35.5. The summed E-state index contributed by atoms with van der Waals surface area (Å²) < 4.78 is 9.93. The van der Waals surface area contributed by atoms with Gasteiger partial charge in [0, 0.05) is 16.3 Å². The molecule has 0 fully saturated rings. The number of rotatable bonds is 6. The molecule has 2 N–H and O–H groups in total. The van der Waals surface area contributed by atoms with E-state index in [-0.39, 0.29) is 10.8 Å². The van der Waals surface area contributed by atoms with Crippen LogP contribution in [0.1, 0.15) is 22.2 Å². The van der Waals surface area contributed by atoms with E-state index in [1.165, 1.54) is 13.4 Å². The van der Waals surface area contributed by atoms with Crippen LogP contribution in [0.2, 0.25) is 10.0 Å². The van der Waals surface area contributed by atoms with Crippen LogP contribution in [0.25, 0.3) is 0 Å². The van der Waals surface area contributed by atoms with Crippen LogP contribution in [-0.2, 0) is 9.53 Å². The van der Waals surface area contributed by atoms with E-state index in [4.69, 9.17) is 32.4 Å². The monoisotopic (exact) mass is 418 g/mol. The number of benzene rings is 2. The number of nitrogens with one attached hydrogen (secondary N) is 2. The summed E-state index contributed by atoms with van der Waals surface area (Å²) in [5.74, 6) is -0.752. The van der Waals surface area contributed by atoms with Crippen molar-refractivity contribution in [2.24, 2.45) is 0 Å². The largest absolute Gasteiger partial charge is 0.467 e. The van der Waals surface area contributed by atoms with Crippen molar-refractivity contribution in [3.05, 3.63) is 82.2 Å². The van der Waals surface area contributed by atoms with Crippen molar-refractivity contribution >= 4 is 46.5 Å². The Balaban J connectivity index is 1.81. The second-order valence-electron chi connectivity index (χ2n) is 5.75. The number of ether oxygens (including phenoxy) is 1. The maximum Gasteiger partial charge on any atom is 0.333 e. The molecule has 1 unspecified atom stereocenters. The van der Waals surface area contributed by atoms with Gasteiger partial charge in [-0.2, -0.15) is 0 Å². The lowest BCUT2D eigenvalue weighted by atomic mass is 10.1. The fourth-order valence-electron chi connectivity index (χ4n) is 2.56. The van der Waals surface area contributed by atoms with Crippen molar-refractivity contribution in [2.75, 3.05) is 17.7 Å². The molecule has 1 aromatic heterocycles. The number of halogens is 2. The van der Waals surface area contributed by atoms with Gasteiger partial charge in [-0.25, -0.2) is 4.79 Å². The highest BCUT2D eigenvalue weighted by Gasteiger charge is 2.24. The molecule has 0 aliphatic rings. The highest BCUT2D eigenvalue weighted by molar-refractivity contribution is 6.34. The number of furan rings is 1. The molecular formula is C20H16Cl2N2O4. The number of hydrogen-bond donors (Lipinski definition) is 2. The van der Waals surface area contributed by atoms with E-state index in [1.54, 1.807) is 54.6 Å². The van der Waals surface area contributed by atoms with Gasteiger partial charge in [0.1, 0.15) is 0 Å². The molecule has 0 bridgehead atoms. The second-order valence-corrected chi connectivity index (χ2v) is 6.56. The van der Waals surface area contributed by atoms with Gasteiger partial charge in [-0.15, -0.1) is 0 Å². The maximum atomic E-state index is 12.3. The summed E-state index contributed by atoms with van der Waals surface area (Å²) in [4.78, 5) is 24.3. The first-order valence-electron chi connectivity index (χ1n) is 8.23. The minimum Gasteiger partial charge on any atom is -0.467 e. The van der Waals surface area contributed by atoms with E-state index in [9.17, 15) is 9.59 Å². The third-order valence-corrected chi connectivity index (χ3v) is 4.58. The third-order valence-electron chi connectivity index (χ3n) is 3.93. The molecule has 0 saturated heterocycles. The van der Waals surface area contributed by atoms with Crippen molar-refractivity contribution in [3.63, 3.8) is 0 Å². The van der Waals surface area contributed by atoms with Gasteiger partial charge in [0.05, 0.1) is 24.1 Å². The van der Waals surface area contributed by atoms with Crippen LogP contribution in [0.5, 0.6) is 0 Å². The second kappa shape index (κ2) is 8.82. The van der Waals surface area contributed by atoms with Crippen molar-refractivity contribution in [2.45, 2.75) is 6.04 Å². The summed E-state index contributed by atoms with van der Waals surface area (Å²) in [5.41, 5.74) is 1.53. The number of hydrogen-bond acceptors (Lipinski definition) is 5. The summed E-state index contributed by atoms with van der Waals surface area (Å²) in [6.45, 7) is 0. The fourth-order valence-corrected chi connectivity index (χ4v) is 3.03. The molecule has 3 rings (SSSR count). The Morgan fingerprint density at radius 1 is 1.04 bits per heavy atom. The van der Waals surface area contributed by atoms with E-state index in [2.05, 4.69) is 10.6 Å². The number of esters is 1. The van der Waals surface area contributed by atoms with Crippen molar-refractivity contribution in [1.82, 2.24) is 0 Å². The van der Waals surface area contributed by atoms with E-state index >= 15 is 0 Å². The molecule has 1 heterocycles. The van der Waals surface area contributed by atoms with E-state index in [0.29, 0.717) is 22.0 Å². The third kappa shape index (κ3) is 4.47. The molecule has 0 aliphatic carbocycles. The standard InChI is InChI=1S/C20H16Cl2N2O4/c1-27-20(26)18(13-5-2-3-6-14(13)21)23-12-8-9-16(15(22)11-12)24-19(25)17-7-4-10-28-17/h2-11,18,23H,1H3,(H,24,25). The molecule has 2 aromatic carbocycles. The van der Waals surface area contributed by atoms with E-state index in [1.807, 2.05) is 0 Å². The molecule has 144 valence electrons. The van der Waals surface area contributed by atoms with Crippen LogP contribution in [0.4, 0.5) is 11.4 Å². The van der Waals surface area contributed by atoms with Crippen LogP contribution in [0, 0.1) is 0 Å². The molecule has 0 radical (unpaired) electrons. The molecule has 0 spiro atoms. The maximum absolute atomic E-state index is 12.3. The van der Waals surface area contributed by atoms with Crippen LogP contribution < -0.4 is 10.6 Å². The predicted molar refractivity (Wildman–Crippen MR) is 108 cm³/mol. The lowest BCUT2D eigenvalue weighted by Crippen LogP contribution is -2.22. The number of amides is 1. The van der Waals surface area contributed by atoms with Gasteiger partial charge < -0.3 is 19.8 Å². The molecule has 28 heavy (non-hydrogen) atoms. The number of carbonyl (C=O) groups excluding carboxylic acids is 2. The Bertz CT molecular complexity index is 990. The minimum absolute atomic E-state index is 0.169. The zero-order chi connectivity index (χ0) is 20.1. The summed E-state index contributed by atoms with van der Waals surface area (Å²) in [7, 11) is 1.30. The average molecular weight is 419 g/mol. The summed E-state index contributed by atoms with van der Waals surface area (Å²) in [6.07, 6.45) is 1.41. The lowest BCUT2D eigenvalue weighted by Gasteiger charge is -2.19. The minimum atomic E-state index is -0.821. The quantitative estimate of drug-likeness (QED) is 0.540. The van der Waals surface area contributed by atoms with Crippen molar-refractivity contribution < 1.29 is 18.7 Å². The van der Waals surface area contributed by atoms with Gasteiger partial charge in [0.15, 0.2) is 11.8 Å². The van der Waals surface area contributed by atoms with Crippen molar-refractivity contribution in [1.29, 1.82) is 0 Å². The summed E-state index contributed by atoms with van der Waals surface area (Å²) in [6, 6.07) is 14.2. The number of carbonyl (C=O) groups is 2. The van der Waals surface area contributed by atoms with Crippen molar-refractivity contribution in [3.8, 4) is 0 Å². The predicted octanol–water partition coefficient (Wildman–Crippen LogP) is 5.16. The first-order chi connectivity index (χ1) is 13.5. The number of methoxy groups -OCH3 is 1. The normalized spacial score (nSPS) is 11.5. The Labute approximate surface area is 171 Å². The van der Waals surface area contributed by atoms with Gasteiger partial charge in [0.25, 0.3) is 5.91 Å². The Morgan fingerprint density at radius 2 is 1.82 bits per heavy atom. The van der Waals surface area contributed by atoms with Gasteiger partial charge in [-0.05, 0) is 36.4 Å². The zero-order valence-corrected chi connectivity index (χ0v) is 16.3. The Morgan fingerprint density at radius 3 is 2.46 bits per heavy atom. The topological polar surface area (TPSA) is 80.6 Å². The smallest absolute Gasteiger partial charge is 0.333 e. The molecule has 6 nitrogen and oxygen atoms in total. The first-order valence-corrected chi connectivity index (χ1v) is 8.98. The van der Waals surface area contributed by atoms with Crippen LogP contribution in [0.15, 0.2) is 65.3 Å². The van der Waals surface area contributed by atoms with Gasteiger partial charge in [-0.1, -0.05) is 41.4 Å². The van der Waals surface area contributed by atoms with Gasteiger partial charge in [-0.3, -0.25) is 4.79 Å². The summed E-state index contributed by atoms with van der Waals surface area (Å²) in [5, 5.41) is 6.44. The Kier molecular flexibility index (Phi) is 6.23. The molecule has 0 saturated carbocycles. The van der Waals surface area contributed by atoms with Crippen LogP contribution in [-0.4, -0.2) is 19.0 Å². The molecule has 8 heteroatoms. The van der Waals surface area contributed by atoms with Gasteiger partial charge in [0.2, 0.25) is 0 Å². The van der Waals surface area contributed by atoms with E-state index in [0.717, 1.165) is 0 Å². The lowest BCUT2D eigenvalue weighted by molar-refractivity contribution is -0.141. The average Bonchev–Trinajstić information content (AvgIpc) is 3.23. The van der Waals surface area contributed by atoms with Gasteiger partial charge >= 0.3 is 5.97 Å². The van der Waals surface area contributed by atoms with Crippen LogP contribution >= 0.6 is 23.2 Å². The molecule has 0 aliphatic heterocycles. The fraction of sp³-hybridized carbons (Fsp3) is 0.100.